The van der Waals surface area contributed by atoms with Gasteiger partial charge in [0, 0.05) is 34.9 Å². The Morgan fingerprint density at radius 3 is 2.15 bits per heavy atom. The number of anilines is 2. The first kappa shape index (κ1) is 17.8. The van der Waals surface area contributed by atoms with Crippen molar-refractivity contribution >= 4 is 52.3 Å². The van der Waals surface area contributed by atoms with Crippen LogP contribution in [0.15, 0.2) is 72.0 Å². The molecule has 0 amide bonds. The maximum absolute atomic E-state index is 12.6. The van der Waals surface area contributed by atoms with Crippen LogP contribution in [-0.2, 0) is 9.53 Å². The smallest absolute Gasteiger partial charge is 0.350 e. The number of carbonyl (C=O) groups is 1. The van der Waals surface area contributed by atoms with Crippen molar-refractivity contribution in [3.8, 4) is 0 Å². The van der Waals surface area contributed by atoms with Gasteiger partial charge in [0.05, 0.1) is 0 Å². The number of carbonyl (C=O) groups excluding carboxylic acids is 1. The van der Waals surface area contributed by atoms with Gasteiger partial charge in [-0.2, -0.15) is 11.8 Å². The number of para-hydroxylation sites is 2. The average Bonchev–Trinajstić information content (AvgIpc) is 2.67. The summed E-state index contributed by atoms with van der Waals surface area (Å²) in [6.07, 6.45) is 0.712. The van der Waals surface area contributed by atoms with Gasteiger partial charge in [0.15, 0.2) is 0 Å². The highest BCUT2D eigenvalue weighted by Crippen LogP contribution is 2.47. The number of hydrogen-bond acceptors (Lipinski definition) is 4. The van der Waals surface area contributed by atoms with Gasteiger partial charge < -0.3 is 9.64 Å². The number of alkyl halides is 2. The predicted octanol–water partition coefficient (Wildman–Crippen LogP) is 5.32. The van der Waals surface area contributed by atoms with Crippen molar-refractivity contribution in [2.75, 3.05) is 16.4 Å². The van der Waals surface area contributed by atoms with E-state index < -0.39 is 16.3 Å². The number of esters is 1. The van der Waals surface area contributed by atoms with Crippen molar-refractivity contribution in [3.05, 3.63) is 72.0 Å². The van der Waals surface area contributed by atoms with Gasteiger partial charge in [-0.05, 0) is 24.3 Å². The van der Waals surface area contributed by atoms with Gasteiger partial charge >= 0.3 is 5.97 Å². The fourth-order valence-electron chi connectivity index (χ4n) is 3.39. The van der Waals surface area contributed by atoms with Crippen LogP contribution in [0.4, 0.5) is 11.4 Å². The Bertz CT molecular complexity index is 800. The molecule has 2 aliphatic rings. The van der Waals surface area contributed by atoms with Crippen molar-refractivity contribution in [2.45, 2.75) is 16.8 Å². The molecule has 4 rings (SSSR count). The number of benzene rings is 2. The van der Waals surface area contributed by atoms with Crippen LogP contribution < -0.4 is 4.90 Å². The lowest BCUT2D eigenvalue weighted by Gasteiger charge is -2.44. The minimum atomic E-state index is -1.69. The number of thioether (sulfide) groups is 1. The molecule has 26 heavy (non-hydrogen) atoms. The van der Waals surface area contributed by atoms with Gasteiger partial charge in [-0.3, -0.25) is 0 Å². The van der Waals surface area contributed by atoms with Crippen LogP contribution in [0.1, 0.15) is 6.42 Å². The zero-order valence-corrected chi connectivity index (χ0v) is 16.2. The molecule has 0 bridgehead atoms. The maximum Gasteiger partial charge on any atom is 0.350 e. The molecule has 1 atom stereocenters. The second-order valence-corrected chi connectivity index (χ2v) is 8.70. The van der Waals surface area contributed by atoms with Gasteiger partial charge in [0.1, 0.15) is 11.8 Å². The highest BCUT2D eigenvalue weighted by molar-refractivity contribution is 7.99. The summed E-state index contributed by atoms with van der Waals surface area (Å²) in [5, 5.41) is 0. The Morgan fingerprint density at radius 1 is 1.00 bits per heavy atom. The van der Waals surface area contributed by atoms with Crippen LogP contribution in [0.2, 0.25) is 0 Å². The van der Waals surface area contributed by atoms with E-state index in [1.54, 1.807) is 11.8 Å². The van der Waals surface area contributed by atoms with E-state index in [0.717, 1.165) is 28.5 Å². The number of nitrogens with zero attached hydrogens (tertiary/aromatic N) is 1. The molecule has 0 spiro atoms. The van der Waals surface area contributed by atoms with Crippen molar-refractivity contribution in [2.24, 2.45) is 0 Å². The fraction of sp³-hybridized carbons (Fsp3) is 0.250. The number of rotatable bonds is 3. The topological polar surface area (TPSA) is 29.5 Å². The van der Waals surface area contributed by atoms with Crippen molar-refractivity contribution in [3.63, 3.8) is 0 Å². The van der Waals surface area contributed by atoms with E-state index in [2.05, 4.69) is 0 Å². The highest BCUT2D eigenvalue weighted by atomic mass is 35.5. The van der Waals surface area contributed by atoms with E-state index in [-0.39, 0.29) is 0 Å². The van der Waals surface area contributed by atoms with Gasteiger partial charge in [-0.1, -0.05) is 59.6 Å². The predicted molar refractivity (Wildman–Crippen MR) is 108 cm³/mol. The van der Waals surface area contributed by atoms with E-state index in [1.807, 2.05) is 65.6 Å². The number of allylic oxidation sites excluding steroid dienone is 1. The summed E-state index contributed by atoms with van der Waals surface area (Å²) in [6, 6.07) is 19.2. The number of ether oxygens (including phenoxy) is 1. The minimum absolute atomic E-state index is 0.528. The molecule has 134 valence electrons. The maximum atomic E-state index is 12.6. The summed E-state index contributed by atoms with van der Waals surface area (Å²) in [4.78, 5) is 14.6. The molecule has 0 aromatic heterocycles. The van der Waals surface area contributed by atoms with Crippen molar-refractivity contribution in [1.82, 2.24) is 0 Å². The summed E-state index contributed by atoms with van der Waals surface area (Å²) in [7, 11) is 0. The Morgan fingerprint density at radius 2 is 1.58 bits per heavy atom. The summed E-state index contributed by atoms with van der Waals surface area (Å²) in [5.41, 5.74) is 2.83. The van der Waals surface area contributed by atoms with Crippen LogP contribution in [-0.4, -0.2) is 27.9 Å². The molecular formula is C20H17Cl2NO2S. The second-order valence-electron chi connectivity index (χ2n) is 6.21. The molecule has 0 aliphatic carbocycles. The first-order valence-corrected chi connectivity index (χ1v) is 10.3. The molecule has 0 saturated carbocycles. The summed E-state index contributed by atoms with van der Waals surface area (Å²) in [6.45, 7) is 0. The SMILES string of the molecule is O=C1OC2=C(CSCC2)C(N(c2ccccc2)c2ccccc2)C1(Cl)Cl. The molecule has 2 heterocycles. The quantitative estimate of drug-likeness (QED) is 0.510. The van der Waals surface area contributed by atoms with E-state index in [1.165, 1.54) is 0 Å². The van der Waals surface area contributed by atoms with Crippen LogP contribution in [0.25, 0.3) is 0 Å². The first-order valence-electron chi connectivity index (χ1n) is 8.38. The third kappa shape index (κ3) is 3.11. The third-order valence-electron chi connectivity index (χ3n) is 4.58. The van der Waals surface area contributed by atoms with Crippen LogP contribution >= 0.6 is 35.0 Å². The lowest BCUT2D eigenvalue weighted by Crippen LogP contribution is -2.55. The molecular weight excluding hydrogens is 389 g/mol. The lowest BCUT2D eigenvalue weighted by molar-refractivity contribution is -0.142. The van der Waals surface area contributed by atoms with E-state index in [4.69, 9.17) is 27.9 Å². The molecule has 0 saturated heterocycles. The standard InChI is InChI=1S/C20H17Cl2NO2S/c21-20(22)18(16-13-26-12-11-17(16)25-19(20)24)23(14-7-3-1-4-8-14)15-9-5-2-6-10-15/h1-10,18H,11-13H2. The summed E-state index contributed by atoms with van der Waals surface area (Å²) in [5.74, 6) is 1.78. The van der Waals surface area contributed by atoms with Gasteiger partial charge in [-0.25, -0.2) is 4.79 Å². The Labute approximate surface area is 166 Å². The Balaban J connectivity index is 1.92. The van der Waals surface area contributed by atoms with E-state index in [0.29, 0.717) is 12.2 Å². The largest absolute Gasteiger partial charge is 0.429 e. The van der Waals surface area contributed by atoms with Gasteiger partial charge in [-0.15, -0.1) is 0 Å². The normalized spacial score (nSPS) is 21.8. The highest BCUT2D eigenvalue weighted by Gasteiger charge is 2.54. The third-order valence-corrected chi connectivity index (χ3v) is 6.31. The first-order chi connectivity index (χ1) is 12.6. The summed E-state index contributed by atoms with van der Waals surface area (Å²) >= 11 is 15.0. The number of hydrogen-bond donors (Lipinski definition) is 0. The molecule has 0 N–H and O–H groups in total. The molecule has 1 unspecified atom stereocenters. The van der Waals surface area contributed by atoms with Crippen LogP contribution in [0.3, 0.4) is 0 Å². The van der Waals surface area contributed by atoms with Crippen LogP contribution in [0, 0.1) is 0 Å². The molecule has 2 aromatic rings. The zero-order chi connectivity index (χ0) is 18.1. The minimum Gasteiger partial charge on any atom is -0.429 e. The fourth-order valence-corrected chi connectivity index (χ4v) is 4.94. The van der Waals surface area contributed by atoms with E-state index in [9.17, 15) is 4.79 Å². The Hall–Kier alpha value is -1.62. The lowest BCUT2D eigenvalue weighted by atomic mass is 9.95. The van der Waals surface area contributed by atoms with Crippen molar-refractivity contribution in [1.29, 1.82) is 0 Å². The Kier molecular flexibility index (Phi) is 4.91. The molecule has 0 fully saturated rings. The monoisotopic (exact) mass is 405 g/mol. The molecule has 3 nitrogen and oxygen atoms in total. The van der Waals surface area contributed by atoms with E-state index >= 15 is 0 Å². The van der Waals surface area contributed by atoms with Crippen molar-refractivity contribution < 1.29 is 9.53 Å². The molecule has 2 aliphatic heterocycles. The number of halogens is 2. The van der Waals surface area contributed by atoms with Crippen LogP contribution in [0.5, 0.6) is 0 Å². The molecule has 6 heteroatoms. The summed E-state index contributed by atoms with van der Waals surface area (Å²) < 4.78 is 3.80. The van der Waals surface area contributed by atoms with Gasteiger partial charge in [0.25, 0.3) is 0 Å². The van der Waals surface area contributed by atoms with Gasteiger partial charge in [0.2, 0.25) is 4.33 Å². The second kappa shape index (κ2) is 7.18. The zero-order valence-electron chi connectivity index (χ0n) is 13.9. The molecule has 0 radical (unpaired) electrons. The molecule has 2 aromatic carbocycles. The average molecular weight is 406 g/mol.